The number of hydrogen-bond acceptors (Lipinski definition) is 3. The lowest BCUT2D eigenvalue weighted by Crippen LogP contribution is -2.31. The lowest BCUT2D eigenvalue weighted by atomic mass is 10.0. The van der Waals surface area contributed by atoms with E-state index in [1.165, 1.54) is 5.69 Å². The summed E-state index contributed by atoms with van der Waals surface area (Å²) in [7, 11) is 1.99. The lowest BCUT2D eigenvalue weighted by molar-refractivity contribution is 0.532. The van der Waals surface area contributed by atoms with Crippen LogP contribution in [0, 0.1) is 0 Å². The van der Waals surface area contributed by atoms with E-state index in [9.17, 15) is 0 Å². The van der Waals surface area contributed by atoms with E-state index >= 15 is 0 Å². The largest absolute Gasteiger partial charge is 0.380 e. The van der Waals surface area contributed by atoms with Gasteiger partial charge >= 0.3 is 0 Å². The third-order valence-corrected chi connectivity index (χ3v) is 2.96. The fourth-order valence-corrected chi connectivity index (χ4v) is 2.04. The van der Waals surface area contributed by atoms with Crippen molar-refractivity contribution in [2.45, 2.75) is 39.2 Å². The quantitative estimate of drug-likeness (QED) is 0.741. The SMILES string of the molecule is CCc1nn(C)c2c1NCCC(C)(C)N2. The summed E-state index contributed by atoms with van der Waals surface area (Å²) in [4.78, 5) is 0. The van der Waals surface area contributed by atoms with Crippen LogP contribution in [-0.2, 0) is 13.5 Å². The van der Waals surface area contributed by atoms with Gasteiger partial charge in [0.15, 0.2) is 0 Å². The van der Waals surface area contributed by atoms with Crippen molar-refractivity contribution in [2.75, 3.05) is 17.2 Å². The number of aromatic nitrogens is 2. The number of aryl methyl sites for hydroxylation is 2. The maximum atomic E-state index is 4.51. The van der Waals surface area contributed by atoms with Crippen LogP contribution in [0.15, 0.2) is 0 Å². The zero-order valence-corrected chi connectivity index (χ0v) is 10.0. The molecule has 0 aromatic carbocycles. The van der Waals surface area contributed by atoms with Crippen LogP contribution in [0.4, 0.5) is 11.5 Å². The minimum Gasteiger partial charge on any atom is -0.380 e. The van der Waals surface area contributed by atoms with Crippen molar-refractivity contribution in [1.29, 1.82) is 0 Å². The normalized spacial score (nSPS) is 18.7. The van der Waals surface area contributed by atoms with Crippen LogP contribution in [0.3, 0.4) is 0 Å². The number of anilines is 2. The van der Waals surface area contributed by atoms with Gasteiger partial charge < -0.3 is 10.6 Å². The van der Waals surface area contributed by atoms with E-state index in [-0.39, 0.29) is 5.54 Å². The van der Waals surface area contributed by atoms with Gasteiger partial charge in [-0.1, -0.05) is 6.92 Å². The van der Waals surface area contributed by atoms with Crippen molar-refractivity contribution in [3.63, 3.8) is 0 Å². The highest BCUT2D eigenvalue weighted by atomic mass is 15.3. The highest BCUT2D eigenvalue weighted by Gasteiger charge is 2.26. The molecule has 0 saturated heterocycles. The number of hydrogen-bond donors (Lipinski definition) is 2. The molecule has 2 N–H and O–H groups in total. The van der Waals surface area contributed by atoms with Gasteiger partial charge in [0.25, 0.3) is 0 Å². The van der Waals surface area contributed by atoms with Crippen molar-refractivity contribution >= 4 is 11.5 Å². The molecule has 1 aliphatic rings. The second-order valence-corrected chi connectivity index (χ2v) is 4.83. The highest BCUT2D eigenvalue weighted by Crippen LogP contribution is 2.32. The molecule has 0 bridgehead atoms. The van der Waals surface area contributed by atoms with E-state index < -0.39 is 0 Å². The number of nitrogens with one attached hydrogen (secondary N) is 2. The zero-order valence-electron chi connectivity index (χ0n) is 10.0. The van der Waals surface area contributed by atoms with Crippen molar-refractivity contribution in [3.8, 4) is 0 Å². The molecule has 2 rings (SSSR count). The average molecular weight is 208 g/mol. The molecule has 1 aliphatic heterocycles. The van der Waals surface area contributed by atoms with Gasteiger partial charge in [-0.15, -0.1) is 0 Å². The summed E-state index contributed by atoms with van der Waals surface area (Å²) in [6, 6.07) is 0. The van der Waals surface area contributed by atoms with Crippen LogP contribution < -0.4 is 10.6 Å². The Morgan fingerprint density at radius 3 is 2.87 bits per heavy atom. The Morgan fingerprint density at radius 1 is 1.47 bits per heavy atom. The fraction of sp³-hybridized carbons (Fsp3) is 0.727. The first-order chi connectivity index (χ1) is 7.03. The van der Waals surface area contributed by atoms with Crippen molar-refractivity contribution in [2.24, 2.45) is 7.05 Å². The van der Waals surface area contributed by atoms with Crippen molar-refractivity contribution in [3.05, 3.63) is 5.69 Å². The molecule has 2 heterocycles. The molecule has 0 fully saturated rings. The lowest BCUT2D eigenvalue weighted by Gasteiger charge is -2.24. The molecule has 0 aliphatic carbocycles. The Bertz CT molecular complexity index is 365. The first kappa shape index (κ1) is 10.3. The molecule has 0 radical (unpaired) electrons. The first-order valence-electron chi connectivity index (χ1n) is 5.61. The van der Waals surface area contributed by atoms with Crippen LogP contribution in [0.1, 0.15) is 32.9 Å². The Labute approximate surface area is 91.1 Å². The molecule has 0 amide bonds. The molecule has 0 unspecified atom stereocenters. The minimum atomic E-state index is 0.136. The number of fused-ring (bicyclic) bond motifs is 1. The Balaban J connectivity index is 2.43. The van der Waals surface area contributed by atoms with Crippen LogP contribution >= 0.6 is 0 Å². The third kappa shape index (κ3) is 1.80. The Morgan fingerprint density at radius 2 is 2.20 bits per heavy atom. The standard InChI is InChI=1S/C11H20N4/c1-5-8-9-10(15(4)14-8)13-11(2,3)6-7-12-9/h12-13H,5-7H2,1-4H3. The average Bonchev–Trinajstić information content (AvgIpc) is 2.36. The molecular formula is C11H20N4. The van der Waals surface area contributed by atoms with Crippen LogP contribution in [0.25, 0.3) is 0 Å². The van der Waals surface area contributed by atoms with Gasteiger partial charge in [-0.05, 0) is 26.7 Å². The summed E-state index contributed by atoms with van der Waals surface area (Å²) in [6.45, 7) is 7.59. The van der Waals surface area contributed by atoms with E-state index in [0.717, 1.165) is 30.9 Å². The summed E-state index contributed by atoms with van der Waals surface area (Å²) in [5, 5.41) is 11.5. The summed E-state index contributed by atoms with van der Waals surface area (Å²) < 4.78 is 1.94. The summed E-state index contributed by atoms with van der Waals surface area (Å²) in [5.41, 5.74) is 2.47. The fourth-order valence-electron chi connectivity index (χ4n) is 2.04. The van der Waals surface area contributed by atoms with Crippen molar-refractivity contribution < 1.29 is 0 Å². The van der Waals surface area contributed by atoms with Gasteiger partial charge in [0, 0.05) is 19.1 Å². The maximum Gasteiger partial charge on any atom is 0.148 e. The van der Waals surface area contributed by atoms with Crippen LogP contribution in [0.5, 0.6) is 0 Å². The number of nitrogens with zero attached hydrogens (tertiary/aromatic N) is 2. The third-order valence-electron chi connectivity index (χ3n) is 2.96. The van der Waals surface area contributed by atoms with Crippen LogP contribution in [0.2, 0.25) is 0 Å². The van der Waals surface area contributed by atoms with E-state index in [2.05, 4.69) is 36.5 Å². The second-order valence-electron chi connectivity index (χ2n) is 4.83. The van der Waals surface area contributed by atoms with Gasteiger partial charge in [-0.3, -0.25) is 4.68 Å². The molecule has 4 heteroatoms. The topological polar surface area (TPSA) is 41.9 Å². The molecule has 0 saturated carbocycles. The van der Waals surface area contributed by atoms with Gasteiger partial charge in [0.05, 0.1) is 5.69 Å². The van der Waals surface area contributed by atoms with Gasteiger partial charge in [-0.25, -0.2) is 0 Å². The second kappa shape index (κ2) is 3.43. The van der Waals surface area contributed by atoms with Crippen molar-refractivity contribution in [1.82, 2.24) is 9.78 Å². The van der Waals surface area contributed by atoms with Gasteiger partial charge in [-0.2, -0.15) is 5.10 Å². The minimum absolute atomic E-state index is 0.136. The predicted octanol–water partition coefficient (Wildman–Crippen LogP) is 1.99. The molecule has 1 aromatic rings. The summed E-state index contributed by atoms with van der Waals surface area (Å²) >= 11 is 0. The van der Waals surface area contributed by atoms with E-state index in [0.29, 0.717) is 0 Å². The van der Waals surface area contributed by atoms with E-state index in [1.54, 1.807) is 0 Å². The molecule has 15 heavy (non-hydrogen) atoms. The smallest absolute Gasteiger partial charge is 0.148 e. The zero-order chi connectivity index (χ0) is 11.1. The van der Waals surface area contributed by atoms with Gasteiger partial charge in [0.2, 0.25) is 0 Å². The van der Waals surface area contributed by atoms with Gasteiger partial charge in [0.1, 0.15) is 11.5 Å². The van der Waals surface area contributed by atoms with E-state index in [4.69, 9.17) is 0 Å². The predicted molar refractivity (Wildman–Crippen MR) is 63.4 cm³/mol. The molecule has 4 nitrogen and oxygen atoms in total. The molecule has 1 aromatic heterocycles. The first-order valence-corrected chi connectivity index (χ1v) is 5.61. The highest BCUT2D eigenvalue weighted by molar-refractivity contribution is 5.69. The Kier molecular flexibility index (Phi) is 2.37. The summed E-state index contributed by atoms with van der Waals surface area (Å²) in [6.07, 6.45) is 2.09. The van der Waals surface area contributed by atoms with Crippen LogP contribution in [-0.4, -0.2) is 21.9 Å². The van der Waals surface area contributed by atoms with E-state index in [1.807, 2.05) is 11.7 Å². The maximum absolute atomic E-state index is 4.51. The number of rotatable bonds is 1. The molecule has 0 spiro atoms. The molecular weight excluding hydrogens is 188 g/mol. The molecule has 0 atom stereocenters. The molecule has 84 valence electrons. The Hall–Kier alpha value is -1.19. The monoisotopic (exact) mass is 208 g/mol. The summed E-state index contributed by atoms with van der Waals surface area (Å²) in [5.74, 6) is 1.12.